The zero-order valence-electron chi connectivity index (χ0n) is 3.17. The fourth-order valence-electron chi connectivity index (χ4n) is 0.0952. The van der Waals surface area contributed by atoms with Gasteiger partial charge in [-0.2, -0.15) is 0 Å². The standard InChI is InChI=1S/C3H2Br2Cl2/c4-2(6)1-3(5)7/h1-2H. The highest BCUT2D eigenvalue weighted by molar-refractivity contribution is 9.12. The maximum Gasteiger partial charge on any atom is 0.109 e. The van der Waals surface area contributed by atoms with Crippen LogP contribution in [0.2, 0.25) is 0 Å². The molecule has 0 fully saturated rings. The molecule has 0 aliphatic heterocycles. The van der Waals surface area contributed by atoms with Gasteiger partial charge in [-0.1, -0.05) is 27.5 Å². The molecule has 0 saturated heterocycles. The minimum absolute atomic E-state index is 0.181. The van der Waals surface area contributed by atoms with Crippen LogP contribution >= 0.6 is 55.1 Å². The van der Waals surface area contributed by atoms with E-state index < -0.39 is 0 Å². The molecule has 0 amide bonds. The lowest BCUT2D eigenvalue weighted by Gasteiger charge is -1.85. The van der Waals surface area contributed by atoms with Crippen LogP contribution in [0.25, 0.3) is 0 Å². The molecule has 1 atom stereocenters. The van der Waals surface area contributed by atoms with Crippen LogP contribution in [-0.2, 0) is 0 Å². The molecule has 1 unspecified atom stereocenters. The van der Waals surface area contributed by atoms with E-state index in [-0.39, 0.29) is 4.29 Å². The Morgan fingerprint density at radius 3 is 2.14 bits per heavy atom. The van der Waals surface area contributed by atoms with Gasteiger partial charge < -0.3 is 0 Å². The van der Waals surface area contributed by atoms with Crippen molar-refractivity contribution in [2.24, 2.45) is 0 Å². The molecule has 0 nitrogen and oxygen atoms in total. The quantitative estimate of drug-likeness (QED) is 0.639. The Morgan fingerprint density at radius 1 is 1.71 bits per heavy atom. The average Bonchev–Trinajstić information content (AvgIpc) is 1.27. The molecular formula is C3H2Br2Cl2. The zero-order chi connectivity index (χ0) is 5.86. The molecule has 0 aromatic carbocycles. The SMILES string of the molecule is ClC(Br)=CC(Cl)Br. The third-order valence-corrected chi connectivity index (χ3v) is 1.03. The zero-order valence-corrected chi connectivity index (χ0v) is 7.85. The molecule has 4 heteroatoms. The van der Waals surface area contributed by atoms with Gasteiger partial charge in [-0.25, -0.2) is 0 Å². The number of hydrogen-bond acceptors (Lipinski definition) is 0. The van der Waals surface area contributed by atoms with E-state index in [9.17, 15) is 0 Å². The second-order valence-corrected chi connectivity index (χ2v) is 4.49. The first-order valence-electron chi connectivity index (χ1n) is 1.44. The Hall–Kier alpha value is 1.28. The van der Waals surface area contributed by atoms with Crippen LogP contribution in [0.1, 0.15) is 0 Å². The van der Waals surface area contributed by atoms with Crippen molar-refractivity contribution in [3.63, 3.8) is 0 Å². The van der Waals surface area contributed by atoms with E-state index in [1.807, 2.05) is 0 Å². The van der Waals surface area contributed by atoms with Crippen molar-refractivity contribution in [3.8, 4) is 0 Å². The van der Waals surface area contributed by atoms with Crippen molar-refractivity contribution in [2.45, 2.75) is 4.29 Å². The summed E-state index contributed by atoms with van der Waals surface area (Å²) in [4.78, 5) is 0. The fraction of sp³-hybridized carbons (Fsp3) is 0.333. The van der Waals surface area contributed by atoms with Crippen LogP contribution < -0.4 is 0 Å². The molecule has 0 aliphatic rings. The Bertz CT molecular complexity index is 75.0. The molecule has 0 radical (unpaired) electrons. The van der Waals surface area contributed by atoms with Gasteiger partial charge in [-0.3, -0.25) is 0 Å². The molecule has 0 spiro atoms. The van der Waals surface area contributed by atoms with E-state index >= 15 is 0 Å². The number of alkyl halides is 2. The molecule has 0 saturated carbocycles. The molecular weight excluding hydrogens is 267 g/mol. The van der Waals surface area contributed by atoms with Gasteiger partial charge in [0.2, 0.25) is 0 Å². The lowest BCUT2D eigenvalue weighted by atomic mass is 10.8. The van der Waals surface area contributed by atoms with Gasteiger partial charge in [0.25, 0.3) is 0 Å². The summed E-state index contributed by atoms with van der Waals surface area (Å²) >= 11 is 16.8. The summed E-state index contributed by atoms with van der Waals surface area (Å²) in [5, 5.41) is 0. The van der Waals surface area contributed by atoms with Crippen molar-refractivity contribution in [1.29, 1.82) is 0 Å². The van der Waals surface area contributed by atoms with E-state index in [1.54, 1.807) is 6.08 Å². The number of halogens is 4. The van der Waals surface area contributed by atoms with Gasteiger partial charge in [-0.05, 0) is 22.0 Å². The van der Waals surface area contributed by atoms with Crippen molar-refractivity contribution in [1.82, 2.24) is 0 Å². The van der Waals surface area contributed by atoms with Gasteiger partial charge in [0.1, 0.15) is 4.29 Å². The fourth-order valence-corrected chi connectivity index (χ4v) is 1.60. The van der Waals surface area contributed by atoms with Crippen LogP contribution in [0.15, 0.2) is 10.0 Å². The first-order chi connectivity index (χ1) is 3.13. The van der Waals surface area contributed by atoms with E-state index in [2.05, 4.69) is 31.9 Å². The van der Waals surface area contributed by atoms with E-state index in [4.69, 9.17) is 23.2 Å². The second kappa shape index (κ2) is 4.19. The monoisotopic (exact) mass is 266 g/mol. The van der Waals surface area contributed by atoms with Crippen molar-refractivity contribution >= 4 is 55.1 Å². The summed E-state index contributed by atoms with van der Waals surface area (Å²) in [6, 6.07) is 0. The van der Waals surface area contributed by atoms with Crippen molar-refractivity contribution in [2.75, 3.05) is 0 Å². The molecule has 0 aromatic heterocycles. The van der Waals surface area contributed by atoms with Crippen LogP contribution in [-0.4, -0.2) is 4.29 Å². The summed E-state index contributed by atoms with van der Waals surface area (Å²) in [6.07, 6.45) is 1.61. The van der Waals surface area contributed by atoms with Crippen LogP contribution in [0.4, 0.5) is 0 Å². The normalized spacial score (nSPS) is 16.9. The van der Waals surface area contributed by atoms with Crippen LogP contribution in [0.5, 0.6) is 0 Å². The Balaban J connectivity index is 3.45. The molecule has 0 heterocycles. The lowest BCUT2D eigenvalue weighted by molar-refractivity contribution is 1.68. The topological polar surface area (TPSA) is 0 Å². The Morgan fingerprint density at radius 2 is 2.14 bits per heavy atom. The summed E-state index contributed by atoms with van der Waals surface area (Å²) in [7, 11) is 0. The smallest absolute Gasteiger partial charge is 0.106 e. The van der Waals surface area contributed by atoms with Gasteiger partial charge >= 0.3 is 0 Å². The highest BCUT2D eigenvalue weighted by Gasteiger charge is 1.90. The number of hydrogen-bond donors (Lipinski definition) is 0. The molecule has 42 valence electrons. The Kier molecular flexibility index (Phi) is 4.95. The van der Waals surface area contributed by atoms with Gasteiger partial charge in [0, 0.05) is 0 Å². The molecule has 0 aromatic rings. The van der Waals surface area contributed by atoms with E-state index in [1.165, 1.54) is 0 Å². The molecule has 0 rings (SSSR count). The third-order valence-electron chi connectivity index (χ3n) is 0.252. The van der Waals surface area contributed by atoms with Crippen molar-refractivity contribution < 1.29 is 0 Å². The summed E-state index contributed by atoms with van der Waals surface area (Å²) in [6.45, 7) is 0. The Labute approximate surface area is 69.1 Å². The first kappa shape index (κ1) is 8.28. The summed E-state index contributed by atoms with van der Waals surface area (Å²) in [5.74, 6) is 0. The minimum Gasteiger partial charge on any atom is -0.106 e. The third kappa shape index (κ3) is 7.28. The second-order valence-electron chi connectivity index (χ2n) is 0.791. The first-order valence-corrected chi connectivity index (χ1v) is 3.96. The maximum atomic E-state index is 5.40. The molecule has 7 heavy (non-hydrogen) atoms. The average molecular weight is 269 g/mol. The highest BCUT2D eigenvalue weighted by Crippen LogP contribution is 2.16. The lowest BCUT2D eigenvalue weighted by Crippen LogP contribution is -1.72. The largest absolute Gasteiger partial charge is 0.109 e. The summed E-state index contributed by atoms with van der Waals surface area (Å²) in [5.41, 5.74) is 0. The predicted molar refractivity (Wildman–Crippen MR) is 41.4 cm³/mol. The highest BCUT2D eigenvalue weighted by atomic mass is 79.9. The minimum atomic E-state index is -0.181. The number of rotatable bonds is 1. The van der Waals surface area contributed by atoms with E-state index in [0.717, 1.165) is 0 Å². The molecule has 0 N–H and O–H groups in total. The van der Waals surface area contributed by atoms with Gasteiger partial charge in [0.15, 0.2) is 0 Å². The van der Waals surface area contributed by atoms with Crippen LogP contribution in [0.3, 0.4) is 0 Å². The predicted octanol–water partition coefficient (Wildman–Crippen LogP) is 3.42. The van der Waals surface area contributed by atoms with E-state index in [0.29, 0.717) is 3.94 Å². The molecule has 0 bridgehead atoms. The van der Waals surface area contributed by atoms with Crippen LogP contribution in [0, 0.1) is 0 Å². The van der Waals surface area contributed by atoms with Gasteiger partial charge in [-0.15, -0.1) is 11.6 Å². The summed E-state index contributed by atoms with van der Waals surface area (Å²) < 4.78 is 0.337. The molecule has 0 aliphatic carbocycles. The van der Waals surface area contributed by atoms with Crippen molar-refractivity contribution in [3.05, 3.63) is 10.0 Å². The van der Waals surface area contributed by atoms with Gasteiger partial charge in [0.05, 0.1) is 3.94 Å². The number of allylic oxidation sites excluding steroid dienone is 1. The maximum absolute atomic E-state index is 5.40.